The van der Waals surface area contributed by atoms with Gasteiger partial charge in [-0.15, -0.1) is 0 Å². The summed E-state index contributed by atoms with van der Waals surface area (Å²) in [6, 6.07) is 3.63. The molecule has 0 aromatic carbocycles. The van der Waals surface area contributed by atoms with Crippen molar-refractivity contribution < 1.29 is 24.8 Å². The number of furan rings is 1. The summed E-state index contributed by atoms with van der Waals surface area (Å²) in [4.78, 5) is 0. The van der Waals surface area contributed by atoms with E-state index in [1.807, 2.05) is 13.0 Å². The SMILES string of the molecule is Cc1ccc(CCC(O)C(O)C(O)C(C)O)o1. The van der Waals surface area contributed by atoms with E-state index in [2.05, 4.69) is 0 Å². The van der Waals surface area contributed by atoms with Crippen LogP contribution >= 0.6 is 0 Å². The average Bonchev–Trinajstić information content (AvgIpc) is 2.69. The van der Waals surface area contributed by atoms with E-state index in [4.69, 9.17) is 9.52 Å². The van der Waals surface area contributed by atoms with Crippen LogP contribution in [0.1, 0.15) is 24.9 Å². The molecule has 4 unspecified atom stereocenters. The topological polar surface area (TPSA) is 94.1 Å². The smallest absolute Gasteiger partial charge is 0.108 e. The minimum atomic E-state index is -1.36. The summed E-state index contributed by atoms with van der Waals surface area (Å²) in [5.41, 5.74) is 0. The fourth-order valence-electron chi connectivity index (χ4n) is 1.59. The second-order valence-corrected chi connectivity index (χ2v) is 4.34. The third-order valence-corrected chi connectivity index (χ3v) is 2.72. The summed E-state index contributed by atoms with van der Waals surface area (Å²) in [5.74, 6) is 1.51. The number of rotatable bonds is 6. The first-order valence-corrected chi connectivity index (χ1v) is 5.69. The molecule has 0 aliphatic rings. The normalized spacial score (nSPS) is 18.7. The number of hydrogen-bond donors (Lipinski definition) is 4. The van der Waals surface area contributed by atoms with Gasteiger partial charge in [0.25, 0.3) is 0 Å². The molecule has 17 heavy (non-hydrogen) atoms. The molecule has 4 N–H and O–H groups in total. The molecule has 0 fully saturated rings. The van der Waals surface area contributed by atoms with Crippen molar-refractivity contribution in [2.75, 3.05) is 0 Å². The maximum Gasteiger partial charge on any atom is 0.108 e. The van der Waals surface area contributed by atoms with Crippen LogP contribution in [0.3, 0.4) is 0 Å². The monoisotopic (exact) mass is 244 g/mol. The van der Waals surface area contributed by atoms with Crippen molar-refractivity contribution in [2.24, 2.45) is 0 Å². The summed E-state index contributed by atoms with van der Waals surface area (Å²) in [5, 5.41) is 37.7. The highest BCUT2D eigenvalue weighted by Gasteiger charge is 2.27. The molecule has 1 heterocycles. The zero-order valence-electron chi connectivity index (χ0n) is 10.1. The van der Waals surface area contributed by atoms with Crippen LogP contribution in [0.4, 0.5) is 0 Å². The third-order valence-electron chi connectivity index (χ3n) is 2.72. The summed E-state index contributed by atoms with van der Waals surface area (Å²) < 4.78 is 5.32. The molecule has 0 aliphatic heterocycles. The zero-order chi connectivity index (χ0) is 13.0. The highest BCUT2D eigenvalue weighted by atomic mass is 16.4. The fourth-order valence-corrected chi connectivity index (χ4v) is 1.59. The van der Waals surface area contributed by atoms with Crippen LogP contribution in [0.5, 0.6) is 0 Å². The van der Waals surface area contributed by atoms with E-state index >= 15 is 0 Å². The summed E-state index contributed by atoms with van der Waals surface area (Å²) >= 11 is 0. The van der Waals surface area contributed by atoms with E-state index in [1.54, 1.807) is 6.07 Å². The minimum Gasteiger partial charge on any atom is -0.466 e. The fraction of sp³-hybridized carbons (Fsp3) is 0.667. The lowest BCUT2D eigenvalue weighted by atomic mass is 10.00. The third kappa shape index (κ3) is 4.12. The number of aliphatic hydroxyl groups is 4. The Morgan fingerprint density at radius 1 is 1.12 bits per heavy atom. The summed E-state index contributed by atoms with van der Waals surface area (Å²) in [6.07, 6.45) is -4.14. The molecular weight excluding hydrogens is 224 g/mol. The van der Waals surface area contributed by atoms with Crippen LogP contribution in [0.15, 0.2) is 16.5 Å². The molecule has 0 saturated carbocycles. The van der Waals surface area contributed by atoms with Crippen molar-refractivity contribution >= 4 is 0 Å². The lowest BCUT2D eigenvalue weighted by molar-refractivity contribution is -0.101. The van der Waals surface area contributed by atoms with Crippen LogP contribution < -0.4 is 0 Å². The molecule has 0 spiro atoms. The van der Waals surface area contributed by atoms with Gasteiger partial charge in [0.1, 0.15) is 23.7 Å². The first-order chi connectivity index (χ1) is 7.91. The average molecular weight is 244 g/mol. The lowest BCUT2D eigenvalue weighted by Crippen LogP contribution is -2.43. The molecule has 1 aromatic heterocycles. The van der Waals surface area contributed by atoms with E-state index in [0.29, 0.717) is 6.42 Å². The van der Waals surface area contributed by atoms with E-state index < -0.39 is 24.4 Å². The summed E-state index contributed by atoms with van der Waals surface area (Å²) in [6.45, 7) is 3.18. The zero-order valence-corrected chi connectivity index (χ0v) is 10.1. The van der Waals surface area contributed by atoms with Crippen molar-refractivity contribution in [2.45, 2.75) is 51.1 Å². The summed E-state index contributed by atoms with van der Waals surface area (Å²) in [7, 11) is 0. The van der Waals surface area contributed by atoms with Gasteiger partial charge in [-0.1, -0.05) is 0 Å². The minimum absolute atomic E-state index is 0.262. The maximum absolute atomic E-state index is 9.64. The van der Waals surface area contributed by atoms with E-state index in [-0.39, 0.29) is 6.42 Å². The molecule has 5 heteroatoms. The molecule has 98 valence electrons. The largest absolute Gasteiger partial charge is 0.466 e. The second-order valence-electron chi connectivity index (χ2n) is 4.34. The Labute approximate surface area is 100 Å². The Morgan fingerprint density at radius 2 is 1.76 bits per heavy atom. The van der Waals surface area contributed by atoms with Gasteiger partial charge in [0.2, 0.25) is 0 Å². The number of aliphatic hydroxyl groups excluding tert-OH is 4. The van der Waals surface area contributed by atoms with E-state index in [0.717, 1.165) is 11.5 Å². The quantitative estimate of drug-likeness (QED) is 0.564. The molecule has 0 amide bonds. The molecule has 1 aromatic rings. The van der Waals surface area contributed by atoms with Crippen LogP contribution in [0.25, 0.3) is 0 Å². The van der Waals surface area contributed by atoms with Crippen molar-refractivity contribution in [3.05, 3.63) is 23.7 Å². The van der Waals surface area contributed by atoms with Gasteiger partial charge in [0.15, 0.2) is 0 Å². The first-order valence-electron chi connectivity index (χ1n) is 5.69. The van der Waals surface area contributed by atoms with Gasteiger partial charge in [-0.25, -0.2) is 0 Å². The Hall–Kier alpha value is -0.880. The van der Waals surface area contributed by atoms with E-state index in [9.17, 15) is 15.3 Å². The number of hydrogen-bond acceptors (Lipinski definition) is 5. The van der Waals surface area contributed by atoms with Crippen molar-refractivity contribution in [1.82, 2.24) is 0 Å². The molecule has 1 rings (SSSR count). The molecule has 5 nitrogen and oxygen atoms in total. The molecule has 0 aliphatic carbocycles. The molecule has 0 bridgehead atoms. The van der Waals surface area contributed by atoms with Gasteiger partial charge >= 0.3 is 0 Å². The second kappa shape index (κ2) is 6.16. The van der Waals surface area contributed by atoms with Crippen molar-refractivity contribution in [3.63, 3.8) is 0 Å². The van der Waals surface area contributed by atoms with Crippen LogP contribution in [0, 0.1) is 6.92 Å². The molecule has 4 atom stereocenters. The van der Waals surface area contributed by atoms with Crippen LogP contribution in [-0.4, -0.2) is 44.8 Å². The van der Waals surface area contributed by atoms with Gasteiger partial charge in [-0.3, -0.25) is 0 Å². The maximum atomic E-state index is 9.64. The van der Waals surface area contributed by atoms with Gasteiger partial charge in [0, 0.05) is 6.42 Å². The van der Waals surface area contributed by atoms with Gasteiger partial charge in [-0.05, 0) is 32.4 Å². The Morgan fingerprint density at radius 3 is 2.24 bits per heavy atom. The van der Waals surface area contributed by atoms with Gasteiger partial charge < -0.3 is 24.8 Å². The standard InChI is InChI=1S/C12H20O5/c1-7-3-4-9(17-7)5-6-10(14)12(16)11(15)8(2)13/h3-4,8,10-16H,5-6H2,1-2H3. The Balaban J connectivity index is 2.41. The lowest BCUT2D eigenvalue weighted by Gasteiger charge is -2.24. The molecule has 0 saturated heterocycles. The molecular formula is C12H20O5. The van der Waals surface area contributed by atoms with E-state index in [1.165, 1.54) is 6.92 Å². The van der Waals surface area contributed by atoms with Gasteiger partial charge in [0.05, 0.1) is 12.2 Å². The van der Waals surface area contributed by atoms with Crippen molar-refractivity contribution in [3.8, 4) is 0 Å². The van der Waals surface area contributed by atoms with Crippen molar-refractivity contribution in [1.29, 1.82) is 0 Å². The Bertz CT molecular complexity index is 333. The van der Waals surface area contributed by atoms with Gasteiger partial charge in [-0.2, -0.15) is 0 Å². The van der Waals surface area contributed by atoms with Crippen LogP contribution in [0.2, 0.25) is 0 Å². The first kappa shape index (κ1) is 14.2. The van der Waals surface area contributed by atoms with Crippen LogP contribution in [-0.2, 0) is 6.42 Å². The Kier molecular flexibility index (Phi) is 5.14. The highest BCUT2D eigenvalue weighted by molar-refractivity contribution is 5.05. The predicted molar refractivity (Wildman–Crippen MR) is 61.5 cm³/mol. The predicted octanol–water partition coefficient (Wildman–Crippen LogP) is -0.0159. The molecule has 0 radical (unpaired) electrons. The highest BCUT2D eigenvalue weighted by Crippen LogP contribution is 2.13. The number of aryl methyl sites for hydroxylation is 2.